The molecule has 4 fully saturated rings. The van der Waals surface area contributed by atoms with Gasteiger partial charge in [0.05, 0.1) is 35.1 Å². The van der Waals surface area contributed by atoms with E-state index < -0.39 is 29.0 Å². The predicted octanol–water partition coefficient (Wildman–Crippen LogP) is 7.49. The van der Waals surface area contributed by atoms with E-state index >= 15 is 0 Å². The summed E-state index contributed by atoms with van der Waals surface area (Å²) in [4.78, 5) is 110. The van der Waals surface area contributed by atoms with Gasteiger partial charge in [-0.2, -0.15) is 0 Å². The van der Waals surface area contributed by atoms with Crippen LogP contribution in [0.5, 0.6) is 0 Å². The van der Waals surface area contributed by atoms with Gasteiger partial charge in [-0.3, -0.25) is 38.4 Å². The minimum absolute atomic E-state index is 0.00765. The number of ketones is 2. The highest BCUT2D eigenvalue weighted by Gasteiger charge is 2.61. The summed E-state index contributed by atoms with van der Waals surface area (Å²) in [7, 11) is 1.61. The molecule has 2 saturated heterocycles. The summed E-state index contributed by atoms with van der Waals surface area (Å²) in [5.41, 5.74) is 0.339. The maximum absolute atomic E-state index is 13.7. The van der Waals surface area contributed by atoms with Crippen LogP contribution in [0, 0.1) is 34.5 Å². The number of nitrogens with zero attached hydrogens (tertiary/aromatic N) is 2. The molecule has 0 bridgehead atoms. The summed E-state index contributed by atoms with van der Waals surface area (Å²) in [5, 5.41) is 21.9. The fourth-order valence-electron chi connectivity index (χ4n) is 11.8. The lowest BCUT2D eigenvalue weighted by molar-refractivity contribution is -0.142. The molecular weight excluding hydrogens is 1120 g/mol. The summed E-state index contributed by atoms with van der Waals surface area (Å²) in [6.45, 7) is 5.70. The van der Waals surface area contributed by atoms with Crippen molar-refractivity contribution in [2.24, 2.45) is 34.5 Å². The summed E-state index contributed by atoms with van der Waals surface area (Å²) in [6.07, 6.45) is 19.3. The fourth-order valence-corrected chi connectivity index (χ4v) is 11.8. The number of hydrogen-bond donors (Lipinski definition) is 5. The van der Waals surface area contributed by atoms with E-state index in [9.17, 15) is 43.5 Å². The van der Waals surface area contributed by atoms with Crippen molar-refractivity contribution in [3.05, 3.63) is 96.1 Å². The number of alkyl halides is 1. The van der Waals surface area contributed by atoms with E-state index in [0.717, 1.165) is 75.3 Å². The molecule has 10 atom stereocenters. The monoisotopic (exact) mass is 1200 g/mol. The van der Waals surface area contributed by atoms with Gasteiger partial charge < -0.3 is 40.9 Å². The minimum atomic E-state index is -0.859. The lowest BCUT2D eigenvalue weighted by Gasteiger charge is -2.28. The Balaban J connectivity index is 0.000000248. The number of aliphatic hydroxyl groups is 1. The van der Waals surface area contributed by atoms with Crippen LogP contribution in [-0.2, 0) is 56.2 Å². The maximum atomic E-state index is 13.7. The fraction of sp³-hybridized carbons (Fsp3) is 0.613. The largest absolute Gasteiger partial charge is 0.391 e. The van der Waals surface area contributed by atoms with E-state index in [1.54, 1.807) is 16.9 Å². The molecule has 8 rings (SSSR count). The van der Waals surface area contributed by atoms with E-state index in [1.807, 2.05) is 79.4 Å². The second-order valence-corrected chi connectivity index (χ2v) is 22.7. The smallest absolute Gasteiger partial charge is 0.227 e. The van der Waals surface area contributed by atoms with Crippen molar-refractivity contribution in [1.29, 1.82) is 0 Å². The van der Waals surface area contributed by atoms with Gasteiger partial charge in [-0.05, 0) is 79.3 Å². The number of amides is 6. The van der Waals surface area contributed by atoms with Gasteiger partial charge in [0, 0.05) is 96.7 Å². The Morgan fingerprint density at radius 2 is 1.04 bits per heavy atom. The molecule has 0 radical (unpaired) electrons. The number of carbonyl (C=O) groups is 8. The predicted molar refractivity (Wildman–Crippen MR) is 312 cm³/mol. The molecule has 5 N–H and O–H groups in total. The van der Waals surface area contributed by atoms with Crippen LogP contribution in [0.4, 0.5) is 0 Å². The van der Waals surface area contributed by atoms with Crippen LogP contribution >= 0.6 is 22.6 Å². The average molecular weight is 1200 g/mol. The highest BCUT2D eigenvalue weighted by molar-refractivity contribution is 14.1. The Morgan fingerprint density at radius 1 is 0.608 bits per heavy atom. The first-order chi connectivity index (χ1) is 38.1. The third-order valence-electron chi connectivity index (χ3n) is 16.9. The van der Waals surface area contributed by atoms with Crippen LogP contribution in [0.2, 0.25) is 0 Å². The van der Waals surface area contributed by atoms with Gasteiger partial charge in [0.15, 0.2) is 11.6 Å². The molecule has 2 aromatic carbocycles. The van der Waals surface area contributed by atoms with Crippen LogP contribution in [0.1, 0.15) is 141 Å². The minimum Gasteiger partial charge on any atom is -0.391 e. The normalized spacial score (nSPS) is 29.9. The van der Waals surface area contributed by atoms with E-state index in [2.05, 4.69) is 68.2 Å². The zero-order chi connectivity index (χ0) is 57.0. The van der Waals surface area contributed by atoms with Crippen LogP contribution in [0.15, 0.2) is 85.0 Å². The first-order valence-corrected chi connectivity index (χ1v) is 31.1. The van der Waals surface area contributed by atoms with Gasteiger partial charge >= 0.3 is 0 Å². The van der Waals surface area contributed by atoms with Crippen LogP contribution in [0.25, 0.3) is 0 Å². The van der Waals surface area contributed by atoms with Gasteiger partial charge in [-0.15, -0.1) is 0 Å². The third kappa shape index (κ3) is 17.9. The standard InChI is InChI=1S/C31H43N3O5.C30H41N3O5.CH3I/c1-22-11-7-4-3-5-10-14-24-18-31(24,19-27(35)26-17-25(39-2)21-34(26)29(22)37)30(38)32-16-15-28(36)33-20-23-12-8-6-9-13-23;1-21-10-6-3-2-4-9-13-23-17-30(23,18-26(35)25-16-24(34)20-33(25)28(21)37)29(38)31-15-14-27(36)32-19-22-11-7-5-8-12-22;1-2/h6,8-10,12-14,22,24-26H,3-5,7,11,15-21H2,1-2H3,(H,32,38)(H,33,36);5,7-9,11-13,21,23-25,34H,2-4,6,10,14-20H2,1H3,(H,31,38)(H,32,36);1H3/b14-10-;13-9-;/t22-,24+,25+,26-,31+;21-,23+,24+,25-,30+;/m00./s1. The van der Waals surface area contributed by atoms with Crippen molar-refractivity contribution >= 4 is 69.6 Å². The van der Waals surface area contributed by atoms with Gasteiger partial charge in [0.1, 0.15) is 0 Å². The zero-order valence-corrected chi connectivity index (χ0v) is 49.2. The van der Waals surface area contributed by atoms with Gasteiger partial charge in [-0.1, -0.05) is 147 Å². The Hall–Kier alpha value is -5.27. The first-order valence-electron chi connectivity index (χ1n) is 28.9. The van der Waals surface area contributed by atoms with Crippen molar-refractivity contribution in [1.82, 2.24) is 31.1 Å². The highest BCUT2D eigenvalue weighted by Crippen LogP contribution is 2.58. The summed E-state index contributed by atoms with van der Waals surface area (Å²) >= 11 is 2.15. The second kappa shape index (κ2) is 31.1. The number of rotatable bonds is 13. The number of benzene rings is 2. The molecule has 17 heteroatoms. The average Bonchev–Trinajstić information content (AvgIpc) is 4.43. The number of Topliss-reactive ketones (excluding diaryl/α,β-unsaturated/α-hetero) is 2. The quantitative estimate of drug-likeness (QED) is 0.0756. The number of carbonyl (C=O) groups excluding carboxylic acids is 8. The van der Waals surface area contributed by atoms with E-state index in [4.69, 9.17) is 4.74 Å². The molecular formula is C62H87IN6O10. The molecule has 432 valence electrons. The molecule has 0 spiro atoms. The van der Waals surface area contributed by atoms with E-state index in [1.165, 1.54) is 0 Å². The molecule has 6 amide bonds. The number of methoxy groups -OCH3 is 1. The molecule has 2 saturated carbocycles. The number of hydrogen-bond acceptors (Lipinski definition) is 10. The molecule has 0 unspecified atom stereocenters. The molecule has 16 nitrogen and oxygen atoms in total. The van der Waals surface area contributed by atoms with Crippen LogP contribution in [0.3, 0.4) is 0 Å². The van der Waals surface area contributed by atoms with Gasteiger partial charge in [0.25, 0.3) is 0 Å². The second-order valence-electron chi connectivity index (χ2n) is 22.7. The van der Waals surface area contributed by atoms with Crippen molar-refractivity contribution in [2.75, 3.05) is 38.2 Å². The first kappa shape index (κ1) is 62.9. The van der Waals surface area contributed by atoms with E-state index in [-0.39, 0.29) is 129 Å². The molecule has 4 aliphatic heterocycles. The van der Waals surface area contributed by atoms with Crippen LogP contribution in [-0.4, -0.2) is 124 Å². The molecule has 2 aromatic rings. The molecule has 0 aromatic heterocycles. The zero-order valence-electron chi connectivity index (χ0n) is 47.1. The maximum Gasteiger partial charge on any atom is 0.227 e. The molecule has 6 aliphatic rings. The van der Waals surface area contributed by atoms with Gasteiger partial charge in [0.2, 0.25) is 35.4 Å². The lowest BCUT2D eigenvalue weighted by atomic mass is 9.90. The number of ether oxygens (including phenoxy) is 1. The number of fused-ring (bicyclic) bond motifs is 4. The Morgan fingerprint density at radius 3 is 1.48 bits per heavy atom. The highest BCUT2D eigenvalue weighted by atomic mass is 127. The van der Waals surface area contributed by atoms with Crippen LogP contribution < -0.4 is 21.3 Å². The number of aliphatic hydroxyl groups excluding tert-OH is 1. The summed E-state index contributed by atoms with van der Waals surface area (Å²) < 4.78 is 5.54. The molecule has 2 aliphatic carbocycles. The Kier molecular flexibility index (Phi) is 24.8. The topological polar surface area (TPSA) is 221 Å². The van der Waals surface area contributed by atoms with E-state index in [0.29, 0.717) is 38.9 Å². The van der Waals surface area contributed by atoms with Crippen molar-refractivity contribution < 1.29 is 48.2 Å². The Bertz CT molecular complexity index is 2440. The Labute approximate surface area is 482 Å². The third-order valence-corrected chi connectivity index (χ3v) is 16.9. The molecule has 4 heterocycles. The van der Waals surface area contributed by atoms with Gasteiger partial charge in [-0.25, -0.2) is 0 Å². The van der Waals surface area contributed by atoms with Crippen molar-refractivity contribution in [3.63, 3.8) is 0 Å². The summed E-state index contributed by atoms with van der Waals surface area (Å²) in [5.74, 6) is -1.40. The van der Waals surface area contributed by atoms with Crippen molar-refractivity contribution in [2.45, 2.75) is 167 Å². The number of halogens is 1. The van der Waals surface area contributed by atoms with Crippen molar-refractivity contribution in [3.8, 4) is 0 Å². The number of allylic oxidation sites excluding steroid dienone is 4. The number of nitrogens with one attached hydrogen (secondary N) is 4. The summed E-state index contributed by atoms with van der Waals surface area (Å²) in [6, 6.07) is 18.0. The molecule has 79 heavy (non-hydrogen) atoms. The SMILES string of the molecule is CI.CO[C@@H]1C[C@H]2C(=O)C[C@]3(C(=O)NCCC(=O)NCc4ccccc4)C[C@H]3/C=C\CCCCC[C@H](C)C(=O)N2C1.C[C@H]1CCCCC/C=C\[C@@H]2C[C@@]2(C(=O)NCCC(=O)NCc2ccccc2)CC(=O)[C@@H]2C[C@@H](O)CN2C1=O. The lowest BCUT2D eigenvalue weighted by Crippen LogP contribution is -2.45.